The zero-order valence-corrected chi connectivity index (χ0v) is 15.5. The molecular formula is C14H24N4O4Si. The van der Waals surface area contributed by atoms with Crippen LogP contribution in [0.1, 0.15) is 41.5 Å². The number of esters is 2. The van der Waals surface area contributed by atoms with Crippen LogP contribution in [-0.4, -0.2) is 53.5 Å². The Morgan fingerprint density at radius 2 is 1.17 bits per heavy atom. The van der Waals surface area contributed by atoms with E-state index in [0.717, 1.165) is 0 Å². The third-order valence-corrected chi connectivity index (χ3v) is 9.56. The van der Waals surface area contributed by atoms with Crippen LogP contribution >= 0.6 is 0 Å². The van der Waals surface area contributed by atoms with Gasteiger partial charge in [-0.1, -0.05) is 27.7 Å². The summed E-state index contributed by atoms with van der Waals surface area (Å²) < 4.78 is 9.90. The molecule has 0 radical (unpaired) electrons. The SMILES string of the molecule is CCOC(=O)C(=[N+]=[N-])[Si](C(=[N+]=[N-])C(=O)OCC)(C(C)C)C(C)C. The van der Waals surface area contributed by atoms with Gasteiger partial charge in [0.2, 0.25) is 0 Å². The topological polar surface area (TPSA) is 125 Å². The Morgan fingerprint density at radius 1 is 0.870 bits per heavy atom. The summed E-state index contributed by atoms with van der Waals surface area (Å²) >= 11 is 0. The fourth-order valence-electron chi connectivity index (χ4n) is 2.86. The van der Waals surface area contributed by atoms with Gasteiger partial charge in [-0.05, 0) is 24.9 Å². The molecule has 0 N–H and O–H groups in total. The molecule has 0 aromatic heterocycles. The van der Waals surface area contributed by atoms with Crippen LogP contribution in [0.25, 0.3) is 11.1 Å². The minimum atomic E-state index is -3.36. The summed E-state index contributed by atoms with van der Waals surface area (Å²) in [7, 11) is -3.36. The van der Waals surface area contributed by atoms with Crippen LogP contribution in [0.3, 0.4) is 0 Å². The number of nitrogens with zero attached hydrogens (tertiary/aromatic N) is 4. The Morgan fingerprint density at radius 3 is 1.35 bits per heavy atom. The van der Waals surface area contributed by atoms with Gasteiger partial charge >= 0.3 is 30.7 Å². The second-order valence-electron chi connectivity index (χ2n) is 5.52. The molecule has 0 aliphatic carbocycles. The van der Waals surface area contributed by atoms with E-state index in [1.54, 1.807) is 41.5 Å². The van der Waals surface area contributed by atoms with Crippen molar-refractivity contribution in [1.82, 2.24) is 0 Å². The van der Waals surface area contributed by atoms with Crippen LogP contribution in [-0.2, 0) is 19.1 Å². The molecule has 0 saturated heterocycles. The minimum absolute atomic E-state index is 0.0868. The van der Waals surface area contributed by atoms with E-state index in [0.29, 0.717) is 0 Å². The number of rotatable bonds is 8. The highest BCUT2D eigenvalue weighted by atomic mass is 28.3. The summed E-state index contributed by atoms with van der Waals surface area (Å²) in [5.41, 5.74) is 18.3. The van der Waals surface area contributed by atoms with Gasteiger partial charge in [-0.2, -0.15) is 9.58 Å². The molecule has 0 unspecified atom stereocenters. The Balaban J connectivity index is 6.55. The van der Waals surface area contributed by atoms with Crippen LogP contribution in [0.2, 0.25) is 11.1 Å². The normalized spacial score (nSPS) is 10.8. The van der Waals surface area contributed by atoms with Crippen molar-refractivity contribution in [3.63, 3.8) is 0 Å². The van der Waals surface area contributed by atoms with Gasteiger partial charge in [0, 0.05) is 0 Å². The molecule has 128 valence electrons. The van der Waals surface area contributed by atoms with Crippen molar-refractivity contribution in [2.75, 3.05) is 13.2 Å². The van der Waals surface area contributed by atoms with Crippen molar-refractivity contribution in [3.05, 3.63) is 11.1 Å². The number of carbonyl (C=O) groups is 2. The van der Waals surface area contributed by atoms with Crippen molar-refractivity contribution >= 4 is 30.7 Å². The molecule has 0 fully saturated rings. The molecule has 8 nitrogen and oxygen atoms in total. The molecule has 9 heteroatoms. The van der Waals surface area contributed by atoms with Gasteiger partial charge in [-0.15, -0.1) is 0 Å². The Bertz CT molecular complexity index is 511. The lowest BCUT2D eigenvalue weighted by Crippen LogP contribution is -2.63. The fourth-order valence-corrected chi connectivity index (χ4v) is 7.75. The lowest BCUT2D eigenvalue weighted by Gasteiger charge is -2.27. The number of hydrogen-bond donors (Lipinski definition) is 0. The third kappa shape index (κ3) is 4.01. The average molecular weight is 340 g/mol. The van der Waals surface area contributed by atoms with Gasteiger partial charge in [-0.3, -0.25) is 0 Å². The monoisotopic (exact) mass is 340 g/mol. The summed E-state index contributed by atoms with van der Waals surface area (Å²) in [6, 6.07) is 0. The van der Waals surface area contributed by atoms with Gasteiger partial charge in [0.25, 0.3) is 0 Å². The number of hydrogen-bond acceptors (Lipinski definition) is 4. The highest BCUT2D eigenvalue weighted by Crippen LogP contribution is 2.35. The molecule has 0 spiro atoms. The maximum Gasteiger partial charge on any atom is 0.410 e. The molecule has 0 aromatic carbocycles. The second-order valence-corrected chi connectivity index (χ2v) is 10.5. The highest BCUT2D eigenvalue weighted by molar-refractivity contribution is 7.35. The van der Waals surface area contributed by atoms with E-state index in [2.05, 4.69) is 9.58 Å². The van der Waals surface area contributed by atoms with Crippen LogP contribution < -0.4 is 0 Å². The first-order valence-corrected chi connectivity index (χ1v) is 9.70. The van der Waals surface area contributed by atoms with E-state index in [-0.39, 0.29) is 35.0 Å². The van der Waals surface area contributed by atoms with Crippen molar-refractivity contribution in [1.29, 1.82) is 0 Å². The Hall–Kier alpha value is -2.08. The molecule has 0 bridgehead atoms. The first-order valence-electron chi connectivity index (χ1n) is 7.54. The quantitative estimate of drug-likeness (QED) is 0.219. The van der Waals surface area contributed by atoms with Crippen molar-refractivity contribution in [3.8, 4) is 0 Å². The van der Waals surface area contributed by atoms with Gasteiger partial charge in [0.15, 0.2) is 0 Å². The van der Waals surface area contributed by atoms with Gasteiger partial charge in [0.1, 0.15) is 0 Å². The molecule has 0 amide bonds. The standard InChI is InChI=1S/C14H24N4O4Si/c1-7-21-13(19)11(17-15)23(9(3)4,10(5)6)12(18-16)14(20)22-8-2/h9-10H,7-8H2,1-6H3. The molecule has 0 rings (SSSR count). The third-order valence-electron chi connectivity index (χ3n) is 3.74. The van der Waals surface area contributed by atoms with Crippen LogP contribution in [0.15, 0.2) is 0 Å². The number of carbonyl (C=O) groups excluding carboxylic acids is 2. The van der Waals surface area contributed by atoms with E-state index < -0.39 is 20.0 Å². The maximum atomic E-state index is 12.3. The molecule has 23 heavy (non-hydrogen) atoms. The van der Waals surface area contributed by atoms with Crippen LogP contribution in [0.4, 0.5) is 0 Å². The van der Waals surface area contributed by atoms with Crippen molar-refractivity contribution in [2.45, 2.75) is 52.6 Å². The fraction of sp³-hybridized carbons (Fsp3) is 0.714. The first-order chi connectivity index (χ1) is 10.7. The van der Waals surface area contributed by atoms with Crippen molar-refractivity contribution in [2.24, 2.45) is 0 Å². The highest BCUT2D eigenvalue weighted by Gasteiger charge is 2.68. The molecule has 0 aromatic rings. The largest absolute Gasteiger partial charge is 0.458 e. The van der Waals surface area contributed by atoms with Crippen LogP contribution in [0, 0.1) is 0 Å². The Kier molecular flexibility index (Phi) is 8.32. The smallest absolute Gasteiger partial charge is 0.410 e. The molecule has 0 heterocycles. The summed E-state index contributed by atoms with van der Waals surface area (Å²) in [5.74, 6) is -1.65. The molecule has 0 aliphatic rings. The zero-order valence-electron chi connectivity index (χ0n) is 14.5. The van der Waals surface area contributed by atoms with Crippen LogP contribution in [0.5, 0.6) is 0 Å². The van der Waals surface area contributed by atoms with E-state index in [1.807, 2.05) is 0 Å². The predicted octanol–water partition coefficient (Wildman–Crippen LogP) is 1.80. The number of ether oxygens (including phenoxy) is 2. The van der Waals surface area contributed by atoms with Crippen molar-refractivity contribution < 1.29 is 28.6 Å². The van der Waals surface area contributed by atoms with E-state index >= 15 is 0 Å². The van der Waals surface area contributed by atoms with E-state index in [9.17, 15) is 20.7 Å². The molecule has 0 atom stereocenters. The summed E-state index contributed by atoms with van der Waals surface area (Å²) in [4.78, 5) is 30.8. The summed E-state index contributed by atoms with van der Waals surface area (Å²) in [5, 5.41) is -0.518. The second kappa shape index (κ2) is 9.15. The zero-order chi connectivity index (χ0) is 18.2. The minimum Gasteiger partial charge on any atom is -0.458 e. The summed E-state index contributed by atoms with van der Waals surface area (Å²) in [6.07, 6.45) is 0. The summed E-state index contributed by atoms with van der Waals surface area (Å²) in [6.45, 7) is 10.5. The first kappa shape index (κ1) is 20.9. The van der Waals surface area contributed by atoms with Gasteiger partial charge in [0.05, 0.1) is 13.2 Å². The molecular weight excluding hydrogens is 316 g/mol. The van der Waals surface area contributed by atoms with E-state index in [4.69, 9.17) is 9.47 Å². The Labute approximate surface area is 137 Å². The lowest BCUT2D eigenvalue weighted by atomic mass is 10.5. The van der Waals surface area contributed by atoms with Gasteiger partial charge < -0.3 is 20.5 Å². The molecule has 0 aliphatic heterocycles. The maximum absolute atomic E-state index is 12.3. The molecule has 0 saturated carbocycles. The lowest BCUT2D eigenvalue weighted by molar-refractivity contribution is -0.139. The van der Waals surface area contributed by atoms with E-state index in [1.165, 1.54) is 0 Å². The predicted molar refractivity (Wildman–Crippen MR) is 86.5 cm³/mol. The van der Waals surface area contributed by atoms with Gasteiger partial charge in [-0.25, -0.2) is 9.59 Å². The average Bonchev–Trinajstić information content (AvgIpc) is 2.46.